The van der Waals surface area contributed by atoms with Gasteiger partial charge in [0.25, 0.3) is 5.91 Å². The number of halogens is 2. The molecule has 0 aliphatic rings. The monoisotopic (exact) mass is 388 g/mol. The summed E-state index contributed by atoms with van der Waals surface area (Å²) >= 11 is 7.94. The molecule has 0 spiro atoms. The molecule has 0 unspecified atom stereocenters. The van der Waals surface area contributed by atoms with E-state index in [1.165, 1.54) is 16.0 Å². The molecule has 0 aromatic carbocycles. The highest BCUT2D eigenvalue weighted by Gasteiger charge is 2.15. The number of carbonyl (C=O) groups is 1. The van der Waals surface area contributed by atoms with Gasteiger partial charge in [-0.15, -0.1) is 11.3 Å². The van der Waals surface area contributed by atoms with Crippen molar-refractivity contribution in [2.24, 2.45) is 7.05 Å². The van der Waals surface area contributed by atoms with Crippen LogP contribution in [0.15, 0.2) is 20.5 Å². The largest absolute Gasteiger partial charge is 0.303 e. The van der Waals surface area contributed by atoms with E-state index in [4.69, 9.17) is 5.26 Å². The normalized spacial score (nSPS) is 10.1. The van der Waals surface area contributed by atoms with Crippen LogP contribution in [0.5, 0.6) is 0 Å². The van der Waals surface area contributed by atoms with E-state index in [0.717, 1.165) is 8.26 Å². The molecular formula is C10H6Br2N4OS. The molecule has 0 saturated heterocycles. The van der Waals surface area contributed by atoms with Crippen LogP contribution in [0.4, 0.5) is 5.82 Å². The minimum absolute atomic E-state index is 0.269. The van der Waals surface area contributed by atoms with Crippen molar-refractivity contribution in [3.8, 4) is 6.07 Å². The Hall–Kier alpha value is -1.17. The summed E-state index contributed by atoms with van der Waals surface area (Å²) in [4.78, 5) is 12.5. The van der Waals surface area contributed by atoms with Crippen LogP contribution in [0.25, 0.3) is 0 Å². The average molecular weight is 390 g/mol. The van der Waals surface area contributed by atoms with E-state index in [9.17, 15) is 4.79 Å². The summed E-state index contributed by atoms with van der Waals surface area (Å²) in [6.45, 7) is 0. The lowest BCUT2D eigenvalue weighted by molar-refractivity contribution is 0.103. The Morgan fingerprint density at radius 3 is 2.89 bits per heavy atom. The molecule has 5 nitrogen and oxygen atoms in total. The quantitative estimate of drug-likeness (QED) is 0.857. The molecule has 0 saturated carbocycles. The van der Waals surface area contributed by atoms with E-state index in [2.05, 4.69) is 42.3 Å². The van der Waals surface area contributed by atoms with E-state index in [1.54, 1.807) is 19.3 Å². The first-order chi connectivity index (χ1) is 8.51. The van der Waals surface area contributed by atoms with Crippen LogP contribution in [-0.4, -0.2) is 15.7 Å². The van der Waals surface area contributed by atoms with E-state index >= 15 is 0 Å². The zero-order valence-corrected chi connectivity index (χ0v) is 13.1. The molecule has 18 heavy (non-hydrogen) atoms. The molecule has 0 atom stereocenters. The maximum absolute atomic E-state index is 12.0. The molecule has 1 N–H and O–H groups in total. The van der Waals surface area contributed by atoms with Crippen molar-refractivity contribution in [1.82, 2.24) is 9.78 Å². The smallest absolute Gasteiger partial charge is 0.267 e. The Labute approximate surface area is 124 Å². The minimum atomic E-state index is -0.290. The number of thiophene rings is 1. The second kappa shape index (κ2) is 5.22. The standard InChI is InChI=1S/C10H6Br2N4OS/c1-16-4-5(3-13)9(15-16)14-10(17)7-2-6(11)8(12)18-7/h2,4H,1H3,(H,14,15,17). The van der Waals surface area contributed by atoms with Gasteiger partial charge in [-0.1, -0.05) is 0 Å². The Bertz CT molecular complexity index is 636. The fourth-order valence-corrected chi connectivity index (χ4v) is 3.22. The highest BCUT2D eigenvalue weighted by Crippen LogP contribution is 2.32. The van der Waals surface area contributed by atoms with Crippen molar-refractivity contribution < 1.29 is 4.79 Å². The average Bonchev–Trinajstić information content (AvgIpc) is 2.83. The SMILES string of the molecule is Cn1cc(C#N)c(NC(=O)c2cc(Br)c(Br)s2)n1. The Kier molecular flexibility index (Phi) is 3.85. The lowest BCUT2D eigenvalue weighted by Crippen LogP contribution is -2.11. The van der Waals surface area contributed by atoms with Crippen LogP contribution in [0.2, 0.25) is 0 Å². The van der Waals surface area contributed by atoms with Gasteiger partial charge >= 0.3 is 0 Å². The maximum atomic E-state index is 12.0. The predicted octanol–water partition coefficient (Wildman–Crippen LogP) is 3.13. The van der Waals surface area contributed by atoms with Crippen LogP contribution < -0.4 is 5.32 Å². The summed E-state index contributed by atoms with van der Waals surface area (Å²) < 4.78 is 3.14. The summed E-state index contributed by atoms with van der Waals surface area (Å²) in [5.41, 5.74) is 0.334. The van der Waals surface area contributed by atoms with Crippen LogP contribution >= 0.6 is 43.2 Å². The first-order valence-corrected chi connectivity index (χ1v) is 7.11. The number of aromatic nitrogens is 2. The summed E-state index contributed by atoms with van der Waals surface area (Å²) in [5, 5.41) is 15.5. The number of nitrogens with one attached hydrogen (secondary N) is 1. The first-order valence-electron chi connectivity index (χ1n) is 4.71. The number of hydrogen-bond donors (Lipinski definition) is 1. The van der Waals surface area contributed by atoms with Crippen molar-refractivity contribution in [1.29, 1.82) is 5.26 Å². The molecule has 0 bridgehead atoms. The van der Waals surface area contributed by atoms with Gasteiger partial charge in [0.15, 0.2) is 5.82 Å². The number of rotatable bonds is 2. The van der Waals surface area contributed by atoms with E-state index in [1.807, 2.05) is 6.07 Å². The van der Waals surface area contributed by atoms with Gasteiger partial charge in [0.2, 0.25) is 0 Å². The van der Waals surface area contributed by atoms with Crippen LogP contribution in [0, 0.1) is 11.3 Å². The number of carbonyl (C=O) groups excluding carboxylic acids is 1. The second-order valence-corrected chi connectivity index (χ2v) is 6.59. The van der Waals surface area contributed by atoms with Gasteiger partial charge < -0.3 is 5.32 Å². The lowest BCUT2D eigenvalue weighted by Gasteiger charge is -1.98. The molecule has 2 aromatic rings. The summed E-state index contributed by atoms with van der Waals surface area (Å²) in [6, 6.07) is 3.68. The van der Waals surface area contributed by atoms with Crippen molar-refractivity contribution in [3.63, 3.8) is 0 Å². The molecule has 92 valence electrons. The fraction of sp³-hybridized carbons (Fsp3) is 0.100. The zero-order valence-electron chi connectivity index (χ0n) is 9.07. The fourth-order valence-electron chi connectivity index (χ4n) is 1.29. The number of anilines is 1. The maximum Gasteiger partial charge on any atom is 0.267 e. The first kappa shape index (κ1) is 13.3. The summed E-state index contributed by atoms with van der Waals surface area (Å²) in [5.74, 6) is -0.0211. The Morgan fingerprint density at radius 1 is 1.61 bits per heavy atom. The second-order valence-electron chi connectivity index (χ2n) is 3.36. The third kappa shape index (κ3) is 2.63. The highest BCUT2D eigenvalue weighted by molar-refractivity contribution is 9.13. The molecule has 2 rings (SSSR count). The van der Waals surface area contributed by atoms with Crippen molar-refractivity contribution in [3.05, 3.63) is 31.0 Å². The number of aryl methyl sites for hydroxylation is 1. The summed E-state index contributed by atoms with van der Waals surface area (Å²) in [7, 11) is 1.69. The predicted molar refractivity (Wildman–Crippen MR) is 75.6 cm³/mol. The third-order valence-electron chi connectivity index (χ3n) is 2.05. The topological polar surface area (TPSA) is 70.7 Å². The molecule has 2 aromatic heterocycles. The third-order valence-corrected chi connectivity index (χ3v) is 5.31. The van der Waals surface area contributed by atoms with Crippen molar-refractivity contribution in [2.45, 2.75) is 0 Å². The molecular weight excluding hydrogens is 384 g/mol. The van der Waals surface area contributed by atoms with Gasteiger partial charge in [-0.3, -0.25) is 9.48 Å². The van der Waals surface area contributed by atoms with Gasteiger partial charge in [0, 0.05) is 17.7 Å². The van der Waals surface area contributed by atoms with Gasteiger partial charge in [0.1, 0.15) is 11.6 Å². The lowest BCUT2D eigenvalue weighted by atomic mass is 10.3. The highest BCUT2D eigenvalue weighted by atomic mass is 79.9. The van der Waals surface area contributed by atoms with E-state index in [0.29, 0.717) is 10.4 Å². The number of nitrogens with zero attached hydrogens (tertiary/aromatic N) is 3. The van der Waals surface area contributed by atoms with Gasteiger partial charge in [-0.25, -0.2) is 0 Å². The molecule has 2 heterocycles. The molecule has 8 heteroatoms. The number of hydrogen-bond acceptors (Lipinski definition) is 4. The summed E-state index contributed by atoms with van der Waals surface area (Å²) in [6.07, 6.45) is 1.55. The van der Waals surface area contributed by atoms with Crippen molar-refractivity contribution in [2.75, 3.05) is 5.32 Å². The molecule has 0 fully saturated rings. The van der Waals surface area contributed by atoms with Crippen LogP contribution in [0.1, 0.15) is 15.2 Å². The minimum Gasteiger partial charge on any atom is -0.303 e. The van der Waals surface area contributed by atoms with Crippen LogP contribution in [0.3, 0.4) is 0 Å². The molecule has 0 radical (unpaired) electrons. The molecule has 0 aliphatic carbocycles. The Balaban J connectivity index is 2.24. The van der Waals surface area contributed by atoms with Crippen molar-refractivity contribution >= 4 is 54.9 Å². The van der Waals surface area contributed by atoms with E-state index in [-0.39, 0.29) is 11.7 Å². The zero-order chi connectivity index (χ0) is 13.3. The van der Waals surface area contributed by atoms with E-state index < -0.39 is 0 Å². The number of amides is 1. The van der Waals surface area contributed by atoms with Gasteiger partial charge in [0.05, 0.1) is 8.66 Å². The van der Waals surface area contributed by atoms with Gasteiger partial charge in [-0.05, 0) is 37.9 Å². The molecule has 0 aliphatic heterocycles. The Morgan fingerprint density at radius 2 is 2.33 bits per heavy atom. The molecule has 1 amide bonds. The number of nitriles is 1. The van der Waals surface area contributed by atoms with Crippen LogP contribution in [-0.2, 0) is 7.05 Å². The van der Waals surface area contributed by atoms with Gasteiger partial charge in [-0.2, -0.15) is 10.4 Å².